The van der Waals surface area contributed by atoms with Crippen molar-refractivity contribution in [3.05, 3.63) is 24.3 Å². The zero-order valence-corrected chi connectivity index (χ0v) is 63.4. The Bertz CT molecular complexity index is 1950. The van der Waals surface area contributed by atoms with Gasteiger partial charge in [-0.1, -0.05) is 310 Å². The number of aliphatic hydroxyl groups excluding tert-OH is 1. The highest BCUT2D eigenvalue weighted by Gasteiger charge is 2.30. The number of unbranched alkanes of at least 4 members (excludes halogenated alkanes) is 36. The molecule has 0 fully saturated rings. The lowest BCUT2D eigenvalue weighted by atomic mass is 10.00. The largest absolute Gasteiger partial charge is 0.472 e. The Morgan fingerprint density at radius 1 is 0.347 bits per heavy atom. The van der Waals surface area contributed by atoms with Gasteiger partial charge in [-0.15, -0.1) is 0 Å². The van der Waals surface area contributed by atoms with Crippen molar-refractivity contribution in [3.63, 3.8) is 0 Å². The quantitative estimate of drug-likeness (QED) is 0.0169. The van der Waals surface area contributed by atoms with Crippen LogP contribution in [-0.4, -0.2) is 96.7 Å². The molecule has 0 spiro atoms. The Labute approximate surface area is 580 Å². The molecule has 560 valence electrons. The second-order valence-electron chi connectivity index (χ2n) is 27.9. The highest BCUT2D eigenvalue weighted by atomic mass is 31.2. The van der Waals surface area contributed by atoms with Gasteiger partial charge in [0, 0.05) is 25.7 Å². The third-order valence-electron chi connectivity index (χ3n) is 17.4. The van der Waals surface area contributed by atoms with Gasteiger partial charge < -0.3 is 33.8 Å². The van der Waals surface area contributed by atoms with Gasteiger partial charge in [0.2, 0.25) is 0 Å². The third kappa shape index (κ3) is 68.5. The number of carbonyl (C=O) groups excluding carboxylic acids is 4. The Morgan fingerprint density at radius 2 is 0.621 bits per heavy atom. The summed E-state index contributed by atoms with van der Waals surface area (Å²) in [7, 11) is -9.92. The van der Waals surface area contributed by atoms with Crippen LogP contribution >= 0.6 is 15.6 Å². The van der Waals surface area contributed by atoms with Crippen molar-refractivity contribution in [2.24, 2.45) is 17.8 Å². The van der Waals surface area contributed by atoms with Crippen LogP contribution in [-0.2, 0) is 65.4 Å². The van der Waals surface area contributed by atoms with Crippen molar-refractivity contribution in [1.82, 2.24) is 0 Å². The zero-order chi connectivity index (χ0) is 70.1. The molecule has 0 aromatic heterocycles. The lowest BCUT2D eigenvalue weighted by molar-refractivity contribution is -0.161. The molecule has 6 atom stereocenters. The predicted molar refractivity (Wildman–Crippen MR) is 386 cm³/mol. The van der Waals surface area contributed by atoms with Crippen LogP contribution in [0, 0.1) is 17.8 Å². The summed E-state index contributed by atoms with van der Waals surface area (Å²) >= 11 is 0. The highest BCUT2D eigenvalue weighted by molar-refractivity contribution is 7.47. The fourth-order valence-electron chi connectivity index (χ4n) is 11.0. The summed E-state index contributed by atoms with van der Waals surface area (Å²) in [4.78, 5) is 72.7. The number of rotatable bonds is 72. The van der Waals surface area contributed by atoms with Crippen LogP contribution in [0.5, 0.6) is 0 Å². The van der Waals surface area contributed by atoms with E-state index < -0.39 is 97.5 Å². The maximum absolute atomic E-state index is 13.1. The number of hydrogen-bond acceptors (Lipinski definition) is 15. The van der Waals surface area contributed by atoms with Crippen LogP contribution in [0.3, 0.4) is 0 Å². The van der Waals surface area contributed by atoms with E-state index in [1.165, 1.54) is 148 Å². The molecule has 0 heterocycles. The van der Waals surface area contributed by atoms with E-state index in [4.69, 9.17) is 37.0 Å². The van der Waals surface area contributed by atoms with Crippen molar-refractivity contribution in [1.29, 1.82) is 0 Å². The SMILES string of the molecule is CCCCCC/C=C\C=C/CCCCCCCC(=O)O[C@H](COC(=O)CCCCCCCCCCC(C)C)COP(=O)(O)OC[C@@H](O)COP(=O)(O)OC[C@@H](COC(=O)CCCCCCCCC(C)CC)OC(=O)CCCCCCCCCCCCCCCCCCC(C)C. The first-order valence-electron chi connectivity index (χ1n) is 38.7. The summed E-state index contributed by atoms with van der Waals surface area (Å²) in [6.07, 6.45) is 55.0. The molecule has 0 rings (SSSR count). The molecule has 0 saturated heterocycles. The first-order valence-corrected chi connectivity index (χ1v) is 41.7. The van der Waals surface area contributed by atoms with Gasteiger partial charge in [0.25, 0.3) is 0 Å². The van der Waals surface area contributed by atoms with Crippen LogP contribution in [0.4, 0.5) is 0 Å². The molecule has 3 N–H and O–H groups in total. The lowest BCUT2D eigenvalue weighted by Gasteiger charge is -2.21. The van der Waals surface area contributed by atoms with Gasteiger partial charge in [-0.2, -0.15) is 0 Å². The van der Waals surface area contributed by atoms with Crippen LogP contribution in [0.2, 0.25) is 0 Å². The smallest absolute Gasteiger partial charge is 0.462 e. The molecule has 0 aromatic rings. The summed E-state index contributed by atoms with van der Waals surface area (Å²) < 4.78 is 68.4. The topological polar surface area (TPSA) is 237 Å². The summed E-state index contributed by atoms with van der Waals surface area (Å²) in [6, 6.07) is 0. The van der Waals surface area contributed by atoms with Gasteiger partial charge in [-0.3, -0.25) is 37.3 Å². The number of carbonyl (C=O) groups is 4. The van der Waals surface area contributed by atoms with E-state index >= 15 is 0 Å². The van der Waals surface area contributed by atoms with Gasteiger partial charge in [0.15, 0.2) is 12.2 Å². The molecule has 0 bridgehead atoms. The molecule has 0 amide bonds. The molecule has 17 nitrogen and oxygen atoms in total. The van der Waals surface area contributed by atoms with Crippen molar-refractivity contribution >= 4 is 39.5 Å². The predicted octanol–water partition coefficient (Wildman–Crippen LogP) is 21.7. The van der Waals surface area contributed by atoms with E-state index in [1.54, 1.807) is 0 Å². The Morgan fingerprint density at radius 3 is 0.937 bits per heavy atom. The fourth-order valence-corrected chi connectivity index (χ4v) is 12.6. The average Bonchev–Trinajstić information content (AvgIpc) is 2.08. The number of ether oxygens (including phenoxy) is 4. The van der Waals surface area contributed by atoms with Gasteiger partial charge in [0.1, 0.15) is 19.3 Å². The number of aliphatic hydroxyl groups is 1. The average molecular weight is 1390 g/mol. The van der Waals surface area contributed by atoms with E-state index in [9.17, 15) is 43.2 Å². The second kappa shape index (κ2) is 66.1. The normalized spacial score (nSPS) is 14.5. The van der Waals surface area contributed by atoms with E-state index in [1.807, 2.05) is 0 Å². The minimum atomic E-state index is -4.96. The molecular formula is C76H144O17P2. The van der Waals surface area contributed by atoms with Crippen molar-refractivity contribution < 1.29 is 80.2 Å². The molecule has 0 aliphatic heterocycles. The molecule has 0 saturated carbocycles. The van der Waals surface area contributed by atoms with E-state index in [2.05, 4.69) is 72.8 Å². The van der Waals surface area contributed by atoms with Gasteiger partial charge in [-0.05, 0) is 69.1 Å². The van der Waals surface area contributed by atoms with E-state index in [0.717, 1.165) is 133 Å². The number of phosphoric acid groups is 2. The van der Waals surface area contributed by atoms with Crippen LogP contribution in [0.15, 0.2) is 24.3 Å². The van der Waals surface area contributed by atoms with Crippen molar-refractivity contribution in [2.45, 2.75) is 381 Å². The minimum Gasteiger partial charge on any atom is -0.462 e. The van der Waals surface area contributed by atoms with Gasteiger partial charge in [-0.25, -0.2) is 9.13 Å². The lowest BCUT2D eigenvalue weighted by Crippen LogP contribution is -2.30. The number of phosphoric ester groups is 2. The first kappa shape index (κ1) is 92.5. The number of esters is 4. The first-order chi connectivity index (χ1) is 45.8. The van der Waals surface area contributed by atoms with Crippen LogP contribution in [0.25, 0.3) is 0 Å². The van der Waals surface area contributed by atoms with Crippen molar-refractivity contribution in [3.8, 4) is 0 Å². The zero-order valence-electron chi connectivity index (χ0n) is 61.6. The standard InChI is InChI=1S/C76H144O17P2/c1-8-10-11-12-13-14-15-16-19-23-26-29-36-45-52-59-75(80)92-71(63-86-73(78)57-50-43-35-32-31-34-41-48-55-68(5)6)65-90-94(82,83)88-61-70(77)62-89-95(84,85)91-66-72(64-87-74(79)58-51-44-39-38-42-49-56-69(7)9-2)93-76(81)60-53-46-37-30-27-24-21-18-17-20-22-25-28-33-40-47-54-67(3)4/h14-16,19,67-72,77H,8-13,17-18,20-66H2,1-7H3,(H,82,83)(H,84,85)/b15-14-,19-16-/t69?,70-,71-,72-/m1/s1. The van der Waals surface area contributed by atoms with Gasteiger partial charge >= 0.3 is 39.5 Å². The maximum atomic E-state index is 13.1. The van der Waals surface area contributed by atoms with Gasteiger partial charge in [0.05, 0.1) is 26.4 Å². The molecule has 3 unspecified atom stereocenters. The van der Waals surface area contributed by atoms with Crippen LogP contribution in [0.1, 0.15) is 363 Å². The summed E-state index contributed by atoms with van der Waals surface area (Å²) in [5.74, 6) is 0.109. The highest BCUT2D eigenvalue weighted by Crippen LogP contribution is 2.45. The Balaban J connectivity index is 5.25. The van der Waals surface area contributed by atoms with Crippen molar-refractivity contribution in [2.75, 3.05) is 39.6 Å². The Hall–Kier alpha value is -2.46. The summed E-state index contributed by atoms with van der Waals surface area (Å²) in [5.41, 5.74) is 0. The maximum Gasteiger partial charge on any atom is 0.472 e. The molecular weight excluding hydrogens is 1250 g/mol. The second-order valence-corrected chi connectivity index (χ2v) is 30.8. The molecule has 0 aliphatic rings. The summed E-state index contributed by atoms with van der Waals surface area (Å²) in [5, 5.41) is 10.6. The third-order valence-corrected chi connectivity index (χ3v) is 19.3. The van der Waals surface area contributed by atoms with E-state index in [0.29, 0.717) is 25.7 Å². The summed E-state index contributed by atoms with van der Waals surface area (Å²) in [6.45, 7) is 11.8. The molecule has 0 aliphatic carbocycles. The Kier molecular flexibility index (Phi) is 64.4. The minimum absolute atomic E-state index is 0.0841. The number of allylic oxidation sites excluding steroid dienone is 4. The monoisotopic (exact) mass is 1390 g/mol. The van der Waals surface area contributed by atoms with Crippen LogP contribution < -0.4 is 0 Å². The molecule has 0 aromatic carbocycles. The molecule has 19 heteroatoms. The molecule has 95 heavy (non-hydrogen) atoms. The molecule has 0 radical (unpaired) electrons. The van der Waals surface area contributed by atoms with E-state index in [-0.39, 0.29) is 25.7 Å². The fraction of sp³-hybridized carbons (Fsp3) is 0.895. The number of hydrogen-bond donors (Lipinski definition) is 3.